The maximum Gasteiger partial charge on any atom is 0.131 e. The van der Waals surface area contributed by atoms with E-state index in [2.05, 4.69) is 0 Å². The van der Waals surface area contributed by atoms with Gasteiger partial charge in [-0.2, -0.15) is 0 Å². The van der Waals surface area contributed by atoms with Crippen LogP contribution in [0.5, 0.6) is 0 Å². The number of benzene rings is 2. The van der Waals surface area contributed by atoms with Crippen molar-refractivity contribution in [2.24, 2.45) is 0 Å². The van der Waals surface area contributed by atoms with E-state index in [-0.39, 0.29) is 10.5 Å². The first-order chi connectivity index (χ1) is 6.38. The van der Waals surface area contributed by atoms with E-state index < -0.39 is 0 Å². The lowest BCUT2D eigenvalue weighted by Crippen LogP contribution is -1.81. The van der Waals surface area contributed by atoms with Crippen LogP contribution in [0.2, 0.25) is 0 Å². The summed E-state index contributed by atoms with van der Waals surface area (Å²) in [5, 5.41) is 0. The first-order valence-electron chi connectivity index (χ1n) is 4.18. The van der Waals surface area contributed by atoms with E-state index in [0.29, 0.717) is 5.56 Å². The normalized spacial score (nSPS) is 9.21. The summed E-state index contributed by atoms with van der Waals surface area (Å²) >= 11 is 0. The fourth-order valence-corrected chi connectivity index (χ4v) is 1.31. The smallest absolute Gasteiger partial charge is 0.131 e. The summed E-state index contributed by atoms with van der Waals surface area (Å²) in [6.07, 6.45) is 0. The fourth-order valence-electron chi connectivity index (χ4n) is 1.31. The topological polar surface area (TPSA) is 0 Å². The van der Waals surface area contributed by atoms with Crippen LogP contribution in [0.15, 0.2) is 54.6 Å². The van der Waals surface area contributed by atoms with Crippen molar-refractivity contribution in [2.75, 3.05) is 0 Å². The first kappa shape index (κ1) is 10.4. The Morgan fingerprint density at radius 1 is 0.714 bits per heavy atom. The summed E-state index contributed by atoms with van der Waals surface area (Å²) in [5.74, 6) is -0.172. The fraction of sp³-hybridized carbons (Fsp3) is 0. The van der Waals surface area contributed by atoms with Crippen molar-refractivity contribution in [3.05, 3.63) is 60.4 Å². The quantitative estimate of drug-likeness (QED) is 0.647. The van der Waals surface area contributed by atoms with Gasteiger partial charge in [-0.05, 0) is 11.6 Å². The Bertz CT molecular complexity index is 396. The van der Waals surface area contributed by atoms with Gasteiger partial charge in [0.05, 0.1) is 0 Å². The Morgan fingerprint density at radius 3 is 1.93 bits per heavy atom. The predicted octanol–water partition coefficient (Wildman–Crippen LogP) is 3.65. The molecule has 2 aromatic rings. The molecule has 0 fully saturated rings. The SMILES string of the molecule is F.Fc1ccccc1-c1ccccc1. The van der Waals surface area contributed by atoms with Gasteiger partial charge in [-0.1, -0.05) is 48.5 Å². The second-order valence-electron chi connectivity index (χ2n) is 2.85. The van der Waals surface area contributed by atoms with Gasteiger partial charge in [0.2, 0.25) is 0 Å². The maximum absolute atomic E-state index is 13.3. The number of rotatable bonds is 1. The summed E-state index contributed by atoms with van der Waals surface area (Å²) in [7, 11) is 0. The largest absolute Gasteiger partial charge is 0.269 e. The van der Waals surface area contributed by atoms with Gasteiger partial charge in [0.25, 0.3) is 0 Å². The Kier molecular flexibility index (Phi) is 3.35. The van der Waals surface area contributed by atoms with E-state index in [1.165, 1.54) is 6.07 Å². The van der Waals surface area contributed by atoms with E-state index >= 15 is 0 Å². The van der Waals surface area contributed by atoms with Gasteiger partial charge in [0.1, 0.15) is 5.82 Å². The van der Waals surface area contributed by atoms with Crippen molar-refractivity contribution < 1.29 is 9.09 Å². The minimum absolute atomic E-state index is 0. The zero-order chi connectivity index (χ0) is 9.10. The second-order valence-corrected chi connectivity index (χ2v) is 2.85. The molecule has 0 aromatic heterocycles. The van der Waals surface area contributed by atoms with Gasteiger partial charge < -0.3 is 0 Å². The van der Waals surface area contributed by atoms with E-state index in [4.69, 9.17) is 0 Å². The molecule has 0 nitrogen and oxygen atoms in total. The van der Waals surface area contributed by atoms with E-state index in [0.717, 1.165) is 5.56 Å². The van der Waals surface area contributed by atoms with Crippen LogP contribution in [0, 0.1) is 5.82 Å². The third-order valence-corrected chi connectivity index (χ3v) is 1.96. The molecule has 2 aromatic carbocycles. The molecule has 0 aliphatic heterocycles. The van der Waals surface area contributed by atoms with Crippen molar-refractivity contribution >= 4 is 0 Å². The van der Waals surface area contributed by atoms with Gasteiger partial charge in [0.15, 0.2) is 0 Å². The van der Waals surface area contributed by atoms with Crippen molar-refractivity contribution in [1.29, 1.82) is 0 Å². The monoisotopic (exact) mass is 192 g/mol. The van der Waals surface area contributed by atoms with Crippen LogP contribution in [-0.4, -0.2) is 0 Å². The number of hydrogen-bond acceptors (Lipinski definition) is 0. The molecule has 2 heteroatoms. The van der Waals surface area contributed by atoms with Crippen molar-refractivity contribution in [2.45, 2.75) is 0 Å². The zero-order valence-corrected chi connectivity index (χ0v) is 7.48. The van der Waals surface area contributed by atoms with Crippen LogP contribution in [-0.2, 0) is 0 Å². The standard InChI is InChI=1S/C12H9F.FH/c13-12-9-5-4-8-11(12)10-6-2-1-3-7-10;/h1-9H;1H. The molecule has 0 saturated heterocycles. The van der Waals surface area contributed by atoms with Crippen LogP contribution >= 0.6 is 0 Å². The van der Waals surface area contributed by atoms with Gasteiger partial charge in [-0.3, -0.25) is 4.70 Å². The van der Waals surface area contributed by atoms with Crippen molar-refractivity contribution in [3.63, 3.8) is 0 Å². The third kappa shape index (κ3) is 1.96. The highest BCUT2D eigenvalue weighted by atomic mass is 19.1. The third-order valence-electron chi connectivity index (χ3n) is 1.96. The highest BCUT2D eigenvalue weighted by molar-refractivity contribution is 5.63. The highest BCUT2D eigenvalue weighted by Crippen LogP contribution is 2.21. The van der Waals surface area contributed by atoms with Crippen molar-refractivity contribution in [3.8, 4) is 11.1 Å². The summed E-state index contributed by atoms with van der Waals surface area (Å²) < 4.78 is 13.3. The van der Waals surface area contributed by atoms with E-state index in [1.807, 2.05) is 36.4 Å². The maximum atomic E-state index is 13.3. The average Bonchev–Trinajstić information content (AvgIpc) is 2.20. The summed E-state index contributed by atoms with van der Waals surface area (Å²) in [5.41, 5.74) is 1.57. The molecule has 0 unspecified atom stereocenters. The molecule has 0 amide bonds. The molecule has 0 atom stereocenters. The van der Waals surface area contributed by atoms with Crippen LogP contribution in [0.25, 0.3) is 11.1 Å². The summed E-state index contributed by atoms with van der Waals surface area (Å²) in [6.45, 7) is 0. The molecule has 0 N–H and O–H groups in total. The Morgan fingerprint density at radius 2 is 1.29 bits per heavy atom. The lowest BCUT2D eigenvalue weighted by Gasteiger charge is -2.01. The summed E-state index contributed by atoms with van der Waals surface area (Å²) in [4.78, 5) is 0. The van der Waals surface area contributed by atoms with Crippen LogP contribution in [0.3, 0.4) is 0 Å². The molecule has 0 heterocycles. The molecule has 0 spiro atoms. The minimum atomic E-state index is -0.172. The van der Waals surface area contributed by atoms with Gasteiger partial charge in [-0.15, -0.1) is 0 Å². The second kappa shape index (κ2) is 4.51. The van der Waals surface area contributed by atoms with Crippen LogP contribution in [0.4, 0.5) is 9.09 Å². The molecular weight excluding hydrogens is 182 g/mol. The molecule has 14 heavy (non-hydrogen) atoms. The summed E-state index contributed by atoms with van der Waals surface area (Å²) in [6, 6.07) is 16.3. The number of halogens is 2. The lowest BCUT2D eigenvalue weighted by atomic mass is 10.1. The Balaban J connectivity index is 0.000000980. The van der Waals surface area contributed by atoms with E-state index in [9.17, 15) is 4.39 Å². The molecule has 0 saturated carbocycles. The lowest BCUT2D eigenvalue weighted by molar-refractivity contribution is 0.631. The zero-order valence-electron chi connectivity index (χ0n) is 7.48. The molecular formula is C12H10F2. The molecule has 2 rings (SSSR count). The number of hydrogen-bond donors (Lipinski definition) is 0. The van der Waals surface area contributed by atoms with Gasteiger partial charge in [-0.25, -0.2) is 4.39 Å². The van der Waals surface area contributed by atoms with Gasteiger partial charge >= 0.3 is 0 Å². The van der Waals surface area contributed by atoms with Gasteiger partial charge in [0, 0.05) is 5.56 Å². The average molecular weight is 192 g/mol. The predicted molar refractivity (Wildman–Crippen MR) is 54.3 cm³/mol. The molecule has 0 aliphatic rings. The van der Waals surface area contributed by atoms with Crippen LogP contribution < -0.4 is 0 Å². The highest BCUT2D eigenvalue weighted by Gasteiger charge is 2.01. The molecule has 0 bridgehead atoms. The van der Waals surface area contributed by atoms with E-state index in [1.54, 1.807) is 12.1 Å². The van der Waals surface area contributed by atoms with Crippen LogP contribution in [0.1, 0.15) is 0 Å². The minimum Gasteiger partial charge on any atom is -0.269 e. The first-order valence-corrected chi connectivity index (χ1v) is 4.18. The molecule has 0 aliphatic carbocycles. The molecule has 0 radical (unpaired) electrons. The van der Waals surface area contributed by atoms with Crippen molar-refractivity contribution in [1.82, 2.24) is 0 Å². The Hall–Kier alpha value is -1.70. The molecule has 72 valence electrons. The Labute approximate surface area is 81.4 Å².